The summed E-state index contributed by atoms with van der Waals surface area (Å²) in [5.41, 5.74) is 2.36. The molecule has 0 aliphatic heterocycles. The van der Waals surface area contributed by atoms with Crippen molar-refractivity contribution >= 4 is 17.3 Å². The van der Waals surface area contributed by atoms with Gasteiger partial charge in [-0.15, -0.1) is 0 Å². The van der Waals surface area contributed by atoms with E-state index < -0.39 is 0 Å². The minimum atomic E-state index is 0.758. The number of rotatable bonds is 7. The fraction of sp³-hybridized carbons (Fsp3) is 0.238. The average molecular weight is 332 g/mol. The number of nitrogens with one attached hydrogen (secondary N) is 1. The van der Waals surface area contributed by atoms with Crippen LogP contribution in [0.4, 0.5) is 17.3 Å². The van der Waals surface area contributed by atoms with E-state index >= 15 is 0 Å². The number of benzene rings is 2. The molecule has 1 heterocycles. The molecular formula is C21H24N4. The highest BCUT2D eigenvalue weighted by Gasteiger charge is 2.13. The Bertz CT molecular complexity index is 788. The van der Waals surface area contributed by atoms with Gasteiger partial charge < -0.3 is 10.2 Å². The van der Waals surface area contributed by atoms with Crippen molar-refractivity contribution in [2.45, 2.75) is 26.8 Å². The van der Waals surface area contributed by atoms with Crippen molar-refractivity contribution in [3.63, 3.8) is 0 Å². The smallest absolute Gasteiger partial charge is 0.139 e. The van der Waals surface area contributed by atoms with Crippen LogP contribution >= 0.6 is 0 Å². The summed E-state index contributed by atoms with van der Waals surface area (Å²) in [6.45, 7) is 5.74. The molecule has 0 aliphatic carbocycles. The van der Waals surface area contributed by atoms with Gasteiger partial charge in [0, 0.05) is 24.8 Å². The lowest BCUT2D eigenvalue weighted by Crippen LogP contribution is -2.19. The zero-order chi connectivity index (χ0) is 17.5. The first-order valence-corrected chi connectivity index (χ1v) is 8.72. The second-order valence-electron chi connectivity index (χ2n) is 5.99. The molecule has 0 saturated carbocycles. The van der Waals surface area contributed by atoms with E-state index in [1.807, 2.05) is 25.1 Å². The van der Waals surface area contributed by atoms with Gasteiger partial charge in [-0.1, -0.05) is 55.5 Å². The van der Waals surface area contributed by atoms with Crippen LogP contribution in [0.1, 0.15) is 24.7 Å². The summed E-state index contributed by atoms with van der Waals surface area (Å²) in [5, 5.41) is 3.37. The molecule has 3 aromatic rings. The molecule has 0 unspecified atom stereocenters. The molecule has 1 aromatic heterocycles. The molecular weight excluding hydrogens is 308 g/mol. The maximum atomic E-state index is 4.69. The average Bonchev–Trinajstić information content (AvgIpc) is 2.65. The van der Waals surface area contributed by atoms with Crippen molar-refractivity contribution in [2.75, 3.05) is 16.8 Å². The van der Waals surface area contributed by atoms with Crippen LogP contribution in [0.15, 0.2) is 66.7 Å². The van der Waals surface area contributed by atoms with Crippen molar-refractivity contribution in [3.05, 3.63) is 78.1 Å². The van der Waals surface area contributed by atoms with E-state index in [1.54, 1.807) is 0 Å². The monoisotopic (exact) mass is 332 g/mol. The largest absolute Gasteiger partial charge is 0.370 e. The number of aromatic nitrogens is 2. The zero-order valence-corrected chi connectivity index (χ0v) is 14.8. The zero-order valence-electron chi connectivity index (χ0n) is 14.8. The Kier molecular flexibility index (Phi) is 5.62. The van der Waals surface area contributed by atoms with Gasteiger partial charge in [-0.25, -0.2) is 9.97 Å². The fourth-order valence-corrected chi connectivity index (χ4v) is 2.71. The van der Waals surface area contributed by atoms with Crippen LogP contribution in [0.5, 0.6) is 0 Å². The lowest BCUT2D eigenvalue weighted by Gasteiger charge is -2.25. The number of nitrogens with zero attached hydrogens (tertiary/aromatic N) is 3. The Hall–Kier alpha value is -2.88. The third kappa shape index (κ3) is 4.57. The molecule has 1 N–H and O–H groups in total. The predicted molar refractivity (Wildman–Crippen MR) is 104 cm³/mol. The molecule has 0 fully saturated rings. The van der Waals surface area contributed by atoms with E-state index in [4.69, 9.17) is 0 Å². The molecule has 0 aliphatic rings. The van der Waals surface area contributed by atoms with Crippen LogP contribution in [0.25, 0.3) is 0 Å². The first-order valence-electron chi connectivity index (χ1n) is 8.72. The van der Waals surface area contributed by atoms with Crippen LogP contribution < -0.4 is 10.2 Å². The molecule has 0 atom stereocenters. The quantitative estimate of drug-likeness (QED) is 0.665. The summed E-state index contributed by atoms with van der Waals surface area (Å²) >= 11 is 0. The Morgan fingerprint density at radius 2 is 1.60 bits per heavy atom. The van der Waals surface area contributed by atoms with Crippen molar-refractivity contribution < 1.29 is 0 Å². The summed E-state index contributed by atoms with van der Waals surface area (Å²) < 4.78 is 0. The van der Waals surface area contributed by atoms with Crippen LogP contribution in [0.2, 0.25) is 0 Å². The molecule has 2 aromatic carbocycles. The van der Waals surface area contributed by atoms with Gasteiger partial charge in [-0.2, -0.15) is 0 Å². The van der Waals surface area contributed by atoms with E-state index in [0.29, 0.717) is 0 Å². The highest BCUT2D eigenvalue weighted by atomic mass is 15.2. The summed E-state index contributed by atoms with van der Waals surface area (Å²) in [5.74, 6) is 2.55. The fourth-order valence-electron chi connectivity index (χ4n) is 2.71. The van der Waals surface area contributed by atoms with Gasteiger partial charge in [-0.05, 0) is 31.0 Å². The Balaban J connectivity index is 1.98. The molecule has 0 radical (unpaired) electrons. The minimum Gasteiger partial charge on any atom is -0.370 e. The first-order chi connectivity index (χ1) is 12.3. The number of aryl methyl sites for hydroxylation is 1. The number of hydrogen-bond donors (Lipinski definition) is 1. The Morgan fingerprint density at radius 3 is 2.28 bits per heavy atom. The van der Waals surface area contributed by atoms with Gasteiger partial charge in [0.05, 0.1) is 0 Å². The Morgan fingerprint density at radius 1 is 0.920 bits per heavy atom. The van der Waals surface area contributed by atoms with Gasteiger partial charge in [0.1, 0.15) is 17.5 Å². The van der Waals surface area contributed by atoms with E-state index in [2.05, 4.69) is 75.6 Å². The van der Waals surface area contributed by atoms with E-state index in [-0.39, 0.29) is 0 Å². The van der Waals surface area contributed by atoms with E-state index in [0.717, 1.165) is 42.7 Å². The van der Waals surface area contributed by atoms with Gasteiger partial charge in [0.2, 0.25) is 0 Å². The Labute approximate surface area is 149 Å². The van der Waals surface area contributed by atoms with Crippen molar-refractivity contribution in [3.8, 4) is 0 Å². The van der Waals surface area contributed by atoms with Crippen molar-refractivity contribution in [2.24, 2.45) is 0 Å². The predicted octanol–water partition coefficient (Wildman–Crippen LogP) is 4.95. The molecule has 4 nitrogen and oxygen atoms in total. The van der Waals surface area contributed by atoms with Gasteiger partial charge >= 0.3 is 0 Å². The van der Waals surface area contributed by atoms with Crippen LogP contribution in [-0.2, 0) is 6.54 Å². The standard InChI is InChI=1S/C21H24N4/c1-3-14-22-20-15-21(24-17(2)23-20)25(19-12-8-5-9-13-19)16-18-10-6-4-7-11-18/h4-13,15H,3,14,16H2,1-2H3,(H,22,23,24). The molecule has 128 valence electrons. The summed E-state index contributed by atoms with van der Waals surface area (Å²) in [4.78, 5) is 11.4. The highest BCUT2D eigenvalue weighted by molar-refractivity contribution is 5.62. The molecule has 4 heteroatoms. The van der Waals surface area contributed by atoms with Gasteiger partial charge in [0.25, 0.3) is 0 Å². The van der Waals surface area contributed by atoms with E-state index in [9.17, 15) is 0 Å². The second-order valence-corrected chi connectivity index (χ2v) is 5.99. The summed E-state index contributed by atoms with van der Waals surface area (Å²) in [6.07, 6.45) is 1.06. The van der Waals surface area contributed by atoms with Crippen LogP contribution in [0.3, 0.4) is 0 Å². The van der Waals surface area contributed by atoms with Crippen molar-refractivity contribution in [1.29, 1.82) is 0 Å². The molecule has 25 heavy (non-hydrogen) atoms. The van der Waals surface area contributed by atoms with Crippen LogP contribution in [0, 0.1) is 6.92 Å². The molecule has 0 amide bonds. The number of hydrogen-bond acceptors (Lipinski definition) is 4. The van der Waals surface area contributed by atoms with E-state index in [1.165, 1.54) is 5.56 Å². The first kappa shape index (κ1) is 17.0. The highest BCUT2D eigenvalue weighted by Crippen LogP contribution is 2.27. The molecule has 0 bridgehead atoms. The maximum absolute atomic E-state index is 4.69. The minimum absolute atomic E-state index is 0.758. The van der Waals surface area contributed by atoms with Crippen LogP contribution in [-0.4, -0.2) is 16.5 Å². The third-order valence-corrected chi connectivity index (χ3v) is 3.91. The lowest BCUT2D eigenvalue weighted by atomic mass is 10.2. The summed E-state index contributed by atoms with van der Waals surface area (Å²) in [6, 6.07) is 22.8. The van der Waals surface area contributed by atoms with Gasteiger partial charge in [-0.3, -0.25) is 0 Å². The van der Waals surface area contributed by atoms with Gasteiger partial charge in [0.15, 0.2) is 0 Å². The molecule has 0 spiro atoms. The van der Waals surface area contributed by atoms with Crippen molar-refractivity contribution in [1.82, 2.24) is 9.97 Å². The number of anilines is 3. The molecule has 0 saturated heterocycles. The maximum Gasteiger partial charge on any atom is 0.139 e. The molecule has 3 rings (SSSR count). The SMILES string of the molecule is CCCNc1cc(N(Cc2ccccc2)c2ccccc2)nc(C)n1. The third-order valence-electron chi connectivity index (χ3n) is 3.91. The second kappa shape index (κ2) is 8.29. The topological polar surface area (TPSA) is 41.0 Å². The normalized spacial score (nSPS) is 10.5. The number of para-hydroxylation sites is 1. The lowest BCUT2D eigenvalue weighted by molar-refractivity contribution is 0.911. The summed E-state index contributed by atoms with van der Waals surface area (Å²) in [7, 11) is 0.